The summed E-state index contributed by atoms with van der Waals surface area (Å²) in [6.07, 6.45) is 0. The summed E-state index contributed by atoms with van der Waals surface area (Å²) in [4.78, 5) is 36.3. The van der Waals surface area contributed by atoms with Gasteiger partial charge in [0, 0.05) is 12.1 Å². The maximum Gasteiger partial charge on any atom is 0.335 e. The van der Waals surface area contributed by atoms with Crippen molar-refractivity contribution in [1.29, 1.82) is 0 Å². The molecule has 0 unspecified atom stereocenters. The molecule has 0 aliphatic heterocycles. The van der Waals surface area contributed by atoms with Crippen molar-refractivity contribution in [3.8, 4) is 11.3 Å². The summed E-state index contributed by atoms with van der Waals surface area (Å²) in [6, 6.07) is 12.1. The van der Waals surface area contributed by atoms with Gasteiger partial charge in [-0.15, -0.1) is 0 Å². The van der Waals surface area contributed by atoms with Crippen LogP contribution in [-0.4, -0.2) is 26.6 Å². The molecule has 0 amide bonds. The van der Waals surface area contributed by atoms with Crippen LogP contribution in [0.1, 0.15) is 34.6 Å². The van der Waals surface area contributed by atoms with Gasteiger partial charge in [0.25, 0.3) is 5.56 Å². The molecule has 0 bridgehead atoms. The molecule has 1 heterocycles. The van der Waals surface area contributed by atoms with Crippen molar-refractivity contribution in [2.75, 3.05) is 5.32 Å². The Balaban J connectivity index is 2.24. The summed E-state index contributed by atoms with van der Waals surface area (Å²) in [7, 11) is 0. The number of rotatable bonds is 6. The number of carbonyl (C=O) groups is 2. The lowest BCUT2D eigenvalue weighted by Gasteiger charge is -2.16. The third-order valence-electron chi connectivity index (χ3n) is 4.33. The molecule has 148 valence electrons. The minimum atomic E-state index is -1.27. The molecule has 8 heteroatoms. The number of carboxylic acid groups (broad SMARTS) is 1. The predicted molar refractivity (Wildman–Crippen MR) is 106 cm³/mol. The van der Waals surface area contributed by atoms with Gasteiger partial charge in [-0.05, 0) is 32.0 Å². The largest absolute Gasteiger partial charge is 0.478 e. The number of aryl methyl sites for hydroxylation is 1. The van der Waals surface area contributed by atoms with Crippen molar-refractivity contribution in [2.24, 2.45) is 0 Å². The van der Waals surface area contributed by atoms with Gasteiger partial charge in [-0.1, -0.05) is 30.3 Å². The van der Waals surface area contributed by atoms with Crippen LogP contribution in [0.4, 0.5) is 15.8 Å². The second kappa shape index (κ2) is 8.05. The first kappa shape index (κ1) is 19.9. The van der Waals surface area contributed by atoms with E-state index in [1.807, 2.05) is 6.07 Å². The topological polar surface area (TPSA) is 101 Å². The lowest BCUT2D eigenvalue weighted by molar-refractivity contribution is 0.0696. The monoisotopic (exact) mass is 395 g/mol. The number of aromatic carboxylic acids is 1. The maximum absolute atomic E-state index is 14.4. The summed E-state index contributed by atoms with van der Waals surface area (Å²) >= 11 is 0. The van der Waals surface area contributed by atoms with E-state index >= 15 is 0 Å². The average molecular weight is 395 g/mol. The summed E-state index contributed by atoms with van der Waals surface area (Å²) in [5.74, 6) is -2.55. The SMILES string of the molecule is CCn1nc(-c2ccccc2)c(C(C)=O)c(Nc2ccc(C(=O)O)cc2F)c1=O. The zero-order chi connectivity index (χ0) is 21.1. The van der Waals surface area contributed by atoms with Crippen LogP contribution in [0, 0.1) is 5.82 Å². The summed E-state index contributed by atoms with van der Waals surface area (Å²) in [6.45, 7) is 3.27. The number of anilines is 2. The highest BCUT2D eigenvalue weighted by molar-refractivity contribution is 6.05. The molecule has 7 nitrogen and oxygen atoms in total. The van der Waals surface area contributed by atoms with Gasteiger partial charge in [0.1, 0.15) is 17.2 Å². The minimum absolute atomic E-state index is 0.0348. The van der Waals surface area contributed by atoms with E-state index in [0.717, 1.165) is 6.07 Å². The summed E-state index contributed by atoms with van der Waals surface area (Å²) < 4.78 is 15.6. The Hall–Kier alpha value is -3.81. The number of nitrogens with zero attached hydrogens (tertiary/aromatic N) is 2. The molecule has 0 radical (unpaired) electrons. The Bertz CT molecular complexity index is 1160. The van der Waals surface area contributed by atoms with Gasteiger partial charge in [0.15, 0.2) is 5.78 Å². The molecule has 0 aliphatic rings. The van der Waals surface area contributed by atoms with Crippen LogP contribution in [0.5, 0.6) is 0 Å². The molecule has 0 atom stereocenters. The lowest BCUT2D eigenvalue weighted by atomic mass is 10.0. The van der Waals surface area contributed by atoms with Crippen molar-refractivity contribution < 1.29 is 19.1 Å². The fourth-order valence-corrected chi connectivity index (χ4v) is 2.93. The van der Waals surface area contributed by atoms with Crippen molar-refractivity contribution in [3.63, 3.8) is 0 Å². The highest BCUT2D eigenvalue weighted by atomic mass is 19.1. The molecule has 3 rings (SSSR count). The molecule has 0 saturated heterocycles. The van der Waals surface area contributed by atoms with Crippen molar-refractivity contribution in [3.05, 3.63) is 75.8 Å². The Labute approximate surface area is 165 Å². The number of carbonyl (C=O) groups excluding carboxylic acids is 1. The van der Waals surface area contributed by atoms with E-state index in [0.29, 0.717) is 11.3 Å². The first-order chi connectivity index (χ1) is 13.8. The Morgan fingerprint density at radius 1 is 1.17 bits per heavy atom. The van der Waals surface area contributed by atoms with E-state index < -0.39 is 23.1 Å². The maximum atomic E-state index is 14.4. The quantitative estimate of drug-likeness (QED) is 0.617. The number of Topliss-reactive ketones (excluding diaryl/α,β-unsaturated/α-hetero) is 1. The molecule has 0 aliphatic carbocycles. The number of hydrogen-bond donors (Lipinski definition) is 2. The van der Waals surface area contributed by atoms with Gasteiger partial charge in [-0.3, -0.25) is 9.59 Å². The average Bonchev–Trinajstić information content (AvgIpc) is 2.70. The van der Waals surface area contributed by atoms with Gasteiger partial charge in [-0.25, -0.2) is 13.9 Å². The van der Waals surface area contributed by atoms with Crippen molar-refractivity contribution in [1.82, 2.24) is 9.78 Å². The number of hydrogen-bond acceptors (Lipinski definition) is 5. The van der Waals surface area contributed by atoms with E-state index in [2.05, 4.69) is 10.4 Å². The first-order valence-corrected chi connectivity index (χ1v) is 8.84. The van der Waals surface area contributed by atoms with E-state index in [4.69, 9.17) is 5.11 Å². The number of nitrogens with one attached hydrogen (secondary N) is 1. The second-order valence-electron chi connectivity index (χ2n) is 6.27. The lowest BCUT2D eigenvalue weighted by Crippen LogP contribution is -2.28. The molecule has 0 fully saturated rings. The molecule has 2 aromatic carbocycles. The third-order valence-corrected chi connectivity index (χ3v) is 4.33. The molecule has 3 aromatic rings. The van der Waals surface area contributed by atoms with Crippen molar-refractivity contribution >= 4 is 23.1 Å². The van der Waals surface area contributed by atoms with Crippen LogP contribution in [0.15, 0.2) is 53.3 Å². The molecule has 29 heavy (non-hydrogen) atoms. The number of benzene rings is 2. The summed E-state index contributed by atoms with van der Waals surface area (Å²) in [5, 5.41) is 16.0. The van der Waals surface area contributed by atoms with Gasteiger partial charge >= 0.3 is 5.97 Å². The molecule has 2 N–H and O–H groups in total. The fourth-order valence-electron chi connectivity index (χ4n) is 2.93. The normalized spacial score (nSPS) is 10.6. The third kappa shape index (κ3) is 3.91. The second-order valence-corrected chi connectivity index (χ2v) is 6.27. The fraction of sp³-hybridized carbons (Fsp3) is 0.143. The molecule has 1 aromatic heterocycles. The highest BCUT2D eigenvalue weighted by Crippen LogP contribution is 2.28. The Morgan fingerprint density at radius 3 is 2.41 bits per heavy atom. The molecule has 0 saturated carbocycles. The van der Waals surface area contributed by atoms with Crippen LogP contribution in [0.25, 0.3) is 11.3 Å². The van der Waals surface area contributed by atoms with Gasteiger partial charge in [-0.2, -0.15) is 5.10 Å². The van der Waals surface area contributed by atoms with Crippen LogP contribution in [-0.2, 0) is 6.54 Å². The standard InChI is InChI=1S/C21H18FN3O4/c1-3-25-20(27)19(23-16-10-9-14(21(28)29)11-15(16)22)17(12(2)26)18(24-25)13-7-5-4-6-8-13/h4-11,23H,3H2,1-2H3,(H,28,29). The van der Waals surface area contributed by atoms with Crippen LogP contribution >= 0.6 is 0 Å². The Kier molecular flexibility index (Phi) is 5.54. The zero-order valence-corrected chi connectivity index (χ0v) is 15.8. The minimum Gasteiger partial charge on any atom is -0.478 e. The molecular formula is C21H18FN3O4. The molecular weight excluding hydrogens is 377 g/mol. The van der Waals surface area contributed by atoms with Gasteiger partial charge in [0.2, 0.25) is 0 Å². The van der Waals surface area contributed by atoms with Crippen LogP contribution in [0.2, 0.25) is 0 Å². The van der Waals surface area contributed by atoms with E-state index in [1.165, 1.54) is 23.7 Å². The predicted octanol–water partition coefficient (Wildman–Crippen LogP) is 3.71. The Morgan fingerprint density at radius 2 is 1.86 bits per heavy atom. The zero-order valence-electron chi connectivity index (χ0n) is 15.8. The first-order valence-electron chi connectivity index (χ1n) is 8.84. The number of carboxylic acids is 1. The van der Waals surface area contributed by atoms with Crippen LogP contribution < -0.4 is 10.9 Å². The smallest absolute Gasteiger partial charge is 0.335 e. The van der Waals surface area contributed by atoms with Gasteiger partial charge < -0.3 is 10.4 Å². The van der Waals surface area contributed by atoms with Gasteiger partial charge in [0.05, 0.1) is 16.8 Å². The number of aromatic nitrogens is 2. The number of ketones is 1. The summed E-state index contributed by atoms with van der Waals surface area (Å²) in [5.41, 5.74) is -0.0934. The van der Waals surface area contributed by atoms with E-state index in [9.17, 15) is 18.8 Å². The molecule has 0 spiro atoms. The highest BCUT2D eigenvalue weighted by Gasteiger charge is 2.22. The number of halogens is 1. The van der Waals surface area contributed by atoms with E-state index in [1.54, 1.807) is 31.2 Å². The van der Waals surface area contributed by atoms with E-state index in [-0.39, 0.29) is 29.0 Å². The van der Waals surface area contributed by atoms with Crippen LogP contribution in [0.3, 0.4) is 0 Å². The van der Waals surface area contributed by atoms with Crippen molar-refractivity contribution in [2.45, 2.75) is 20.4 Å².